The molecule has 1 fully saturated rings. The van der Waals surface area contributed by atoms with Gasteiger partial charge in [-0.15, -0.1) is 0 Å². The number of rotatable bonds is 2. The van der Waals surface area contributed by atoms with Crippen LogP contribution in [-0.2, 0) is 0 Å². The Bertz CT molecular complexity index is 544. The summed E-state index contributed by atoms with van der Waals surface area (Å²) in [4.78, 5) is 6.54. The quantitative estimate of drug-likeness (QED) is 0.918. The lowest BCUT2D eigenvalue weighted by Gasteiger charge is -2.26. The maximum absolute atomic E-state index is 6.10. The summed E-state index contributed by atoms with van der Waals surface area (Å²) in [5.41, 5.74) is 8.30. The SMILES string of the molecule is Nc1nsc(N2CCCCCCC2)c1-c1ccncc1. The third-order valence-electron chi connectivity index (χ3n) is 3.81. The Labute approximate surface area is 123 Å². The first-order chi connectivity index (χ1) is 9.86. The summed E-state index contributed by atoms with van der Waals surface area (Å²) >= 11 is 1.52. The van der Waals surface area contributed by atoms with E-state index < -0.39 is 0 Å². The lowest BCUT2D eigenvalue weighted by atomic mass is 10.1. The lowest BCUT2D eigenvalue weighted by molar-refractivity contribution is 0.558. The predicted molar refractivity (Wildman–Crippen MR) is 85.1 cm³/mol. The highest BCUT2D eigenvalue weighted by Crippen LogP contribution is 2.39. The van der Waals surface area contributed by atoms with Crippen LogP contribution in [-0.4, -0.2) is 22.4 Å². The van der Waals surface area contributed by atoms with Crippen LogP contribution in [0.5, 0.6) is 0 Å². The summed E-state index contributed by atoms with van der Waals surface area (Å²) in [5, 5.41) is 1.22. The van der Waals surface area contributed by atoms with Crippen molar-refractivity contribution in [2.24, 2.45) is 0 Å². The molecule has 0 radical (unpaired) electrons. The fraction of sp³-hybridized carbons (Fsp3) is 0.467. The summed E-state index contributed by atoms with van der Waals surface area (Å²) in [5.74, 6) is 0.637. The van der Waals surface area contributed by atoms with Crippen molar-refractivity contribution >= 4 is 22.4 Å². The third-order valence-corrected chi connectivity index (χ3v) is 4.74. The van der Waals surface area contributed by atoms with Gasteiger partial charge in [-0.2, -0.15) is 4.37 Å². The van der Waals surface area contributed by atoms with E-state index >= 15 is 0 Å². The second kappa shape index (κ2) is 6.22. The van der Waals surface area contributed by atoms with E-state index in [0.717, 1.165) is 24.2 Å². The minimum Gasteiger partial charge on any atom is -0.382 e. The molecule has 3 rings (SSSR count). The van der Waals surface area contributed by atoms with Crippen molar-refractivity contribution < 1.29 is 0 Å². The summed E-state index contributed by atoms with van der Waals surface area (Å²) in [6, 6.07) is 4.02. The van der Waals surface area contributed by atoms with Crippen molar-refractivity contribution in [1.29, 1.82) is 0 Å². The summed E-state index contributed by atoms with van der Waals surface area (Å²) in [6.45, 7) is 2.22. The lowest BCUT2D eigenvalue weighted by Crippen LogP contribution is -2.26. The molecule has 2 N–H and O–H groups in total. The van der Waals surface area contributed by atoms with Crippen molar-refractivity contribution in [3.63, 3.8) is 0 Å². The van der Waals surface area contributed by atoms with Gasteiger partial charge in [0.2, 0.25) is 0 Å². The Morgan fingerprint density at radius 2 is 1.65 bits per heavy atom. The number of nitrogen functional groups attached to an aromatic ring is 1. The van der Waals surface area contributed by atoms with Crippen LogP contribution in [0.1, 0.15) is 32.1 Å². The standard InChI is InChI=1S/C15H20N4S/c16-14-13(12-6-8-17-9-7-12)15(20-18-14)19-10-4-2-1-3-5-11-19/h6-9H,1-5,10-11H2,(H2,16,18). The second-order valence-electron chi connectivity index (χ2n) is 5.24. The molecule has 1 saturated heterocycles. The number of nitrogens with zero attached hydrogens (tertiary/aromatic N) is 3. The van der Waals surface area contributed by atoms with E-state index in [1.165, 1.54) is 48.6 Å². The maximum atomic E-state index is 6.10. The predicted octanol–water partition coefficient (Wildman–Crippen LogP) is 3.56. The Balaban J connectivity index is 1.93. The molecule has 4 nitrogen and oxygen atoms in total. The van der Waals surface area contributed by atoms with Crippen LogP contribution in [0.3, 0.4) is 0 Å². The summed E-state index contributed by atoms with van der Waals surface area (Å²) < 4.78 is 4.38. The smallest absolute Gasteiger partial charge is 0.147 e. The van der Waals surface area contributed by atoms with Crippen molar-refractivity contribution in [2.45, 2.75) is 32.1 Å². The van der Waals surface area contributed by atoms with E-state index in [0.29, 0.717) is 5.82 Å². The number of hydrogen-bond donors (Lipinski definition) is 1. The fourth-order valence-corrected chi connectivity index (χ4v) is 3.64. The molecule has 0 amide bonds. The van der Waals surface area contributed by atoms with Crippen molar-refractivity contribution in [1.82, 2.24) is 9.36 Å². The Morgan fingerprint density at radius 1 is 1.00 bits per heavy atom. The molecule has 0 bridgehead atoms. The Morgan fingerprint density at radius 3 is 2.35 bits per heavy atom. The molecule has 0 aromatic carbocycles. The van der Waals surface area contributed by atoms with Gasteiger partial charge in [0, 0.05) is 25.5 Å². The van der Waals surface area contributed by atoms with Gasteiger partial charge in [-0.1, -0.05) is 19.3 Å². The van der Waals surface area contributed by atoms with Gasteiger partial charge in [-0.3, -0.25) is 4.98 Å². The van der Waals surface area contributed by atoms with Crippen molar-refractivity contribution in [3.8, 4) is 11.1 Å². The van der Waals surface area contributed by atoms with Crippen LogP contribution in [0.2, 0.25) is 0 Å². The third kappa shape index (κ3) is 2.77. The van der Waals surface area contributed by atoms with Gasteiger partial charge in [0.1, 0.15) is 10.8 Å². The van der Waals surface area contributed by atoms with E-state index in [9.17, 15) is 0 Å². The zero-order chi connectivity index (χ0) is 13.8. The first-order valence-corrected chi connectivity index (χ1v) is 8.04. The molecule has 2 aromatic heterocycles. The normalized spacial score (nSPS) is 16.7. The molecule has 0 unspecified atom stereocenters. The molecular formula is C15H20N4S. The van der Waals surface area contributed by atoms with E-state index in [-0.39, 0.29) is 0 Å². The van der Waals surface area contributed by atoms with Crippen LogP contribution in [0.15, 0.2) is 24.5 Å². The van der Waals surface area contributed by atoms with E-state index in [1.54, 1.807) is 0 Å². The highest BCUT2D eigenvalue weighted by atomic mass is 32.1. The van der Waals surface area contributed by atoms with Crippen LogP contribution < -0.4 is 10.6 Å². The largest absolute Gasteiger partial charge is 0.382 e. The average molecular weight is 288 g/mol. The Kier molecular flexibility index (Phi) is 4.16. The molecular weight excluding hydrogens is 268 g/mol. The van der Waals surface area contributed by atoms with Gasteiger partial charge in [0.05, 0.1) is 5.56 Å². The van der Waals surface area contributed by atoms with Crippen LogP contribution in [0.25, 0.3) is 11.1 Å². The van der Waals surface area contributed by atoms with Crippen LogP contribution >= 0.6 is 11.5 Å². The van der Waals surface area contributed by atoms with Crippen LogP contribution in [0, 0.1) is 0 Å². The topological polar surface area (TPSA) is 55.0 Å². The molecule has 5 heteroatoms. The highest BCUT2D eigenvalue weighted by Gasteiger charge is 2.19. The van der Waals surface area contributed by atoms with Crippen molar-refractivity contribution in [2.75, 3.05) is 23.7 Å². The minimum atomic E-state index is 0.637. The molecule has 1 aliphatic heterocycles. The molecule has 0 saturated carbocycles. The monoisotopic (exact) mass is 288 g/mol. The van der Waals surface area contributed by atoms with E-state index in [4.69, 9.17) is 5.73 Å². The maximum Gasteiger partial charge on any atom is 0.147 e. The second-order valence-corrected chi connectivity index (χ2v) is 5.99. The summed E-state index contributed by atoms with van der Waals surface area (Å²) in [6.07, 6.45) is 10.2. The number of hydrogen-bond acceptors (Lipinski definition) is 5. The number of nitrogens with two attached hydrogens (primary N) is 1. The van der Waals surface area contributed by atoms with E-state index in [1.807, 2.05) is 24.5 Å². The molecule has 3 heterocycles. The first kappa shape index (κ1) is 13.4. The highest BCUT2D eigenvalue weighted by molar-refractivity contribution is 7.11. The van der Waals surface area contributed by atoms with Gasteiger partial charge in [0.25, 0.3) is 0 Å². The molecule has 0 atom stereocenters. The zero-order valence-corrected chi connectivity index (χ0v) is 12.4. The van der Waals surface area contributed by atoms with Crippen molar-refractivity contribution in [3.05, 3.63) is 24.5 Å². The number of aromatic nitrogens is 2. The van der Waals surface area contributed by atoms with Gasteiger partial charge in [-0.05, 0) is 42.1 Å². The van der Waals surface area contributed by atoms with Gasteiger partial charge < -0.3 is 10.6 Å². The average Bonchev–Trinajstić information content (AvgIpc) is 2.81. The van der Waals surface area contributed by atoms with Gasteiger partial charge >= 0.3 is 0 Å². The molecule has 1 aliphatic rings. The van der Waals surface area contributed by atoms with Gasteiger partial charge in [-0.25, -0.2) is 0 Å². The van der Waals surface area contributed by atoms with Gasteiger partial charge in [0.15, 0.2) is 0 Å². The molecule has 0 aliphatic carbocycles. The molecule has 2 aromatic rings. The fourth-order valence-electron chi connectivity index (χ4n) is 2.75. The zero-order valence-electron chi connectivity index (χ0n) is 11.6. The molecule has 20 heavy (non-hydrogen) atoms. The number of anilines is 2. The Hall–Kier alpha value is -1.62. The first-order valence-electron chi connectivity index (χ1n) is 7.27. The minimum absolute atomic E-state index is 0.637. The molecule has 0 spiro atoms. The van der Waals surface area contributed by atoms with Crippen LogP contribution in [0.4, 0.5) is 10.8 Å². The summed E-state index contributed by atoms with van der Waals surface area (Å²) in [7, 11) is 0. The number of pyridine rings is 1. The molecule has 106 valence electrons. The van der Waals surface area contributed by atoms with E-state index in [2.05, 4.69) is 14.3 Å².